The smallest absolute Gasteiger partial charge is 0.306 e. The summed E-state index contributed by atoms with van der Waals surface area (Å²) in [6, 6.07) is 0. The maximum absolute atomic E-state index is 10.3. The summed E-state index contributed by atoms with van der Waals surface area (Å²) in [6.07, 6.45) is -1.01. The molecule has 0 aromatic rings. The molecule has 12 heavy (non-hydrogen) atoms. The molecule has 72 valence electrons. The predicted octanol–water partition coefficient (Wildman–Crippen LogP) is -1.20. The van der Waals surface area contributed by atoms with Gasteiger partial charge in [0.2, 0.25) is 0 Å². The SMILES string of the molecule is CS(=O)(=O)OC[C@@H](O)CC(=O)O. The lowest BCUT2D eigenvalue weighted by Gasteiger charge is -2.06. The summed E-state index contributed by atoms with van der Waals surface area (Å²) >= 11 is 0. The van der Waals surface area contributed by atoms with E-state index in [1.165, 1.54) is 0 Å². The minimum Gasteiger partial charge on any atom is -0.481 e. The zero-order valence-corrected chi connectivity index (χ0v) is 7.24. The van der Waals surface area contributed by atoms with Gasteiger partial charge in [0.25, 0.3) is 10.1 Å². The fourth-order valence-electron chi connectivity index (χ4n) is 0.463. The lowest BCUT2D eigenvalue weighted by molar-refractivity contribution is -0.139. The van der Waals surface area contributed by atoms with Crippen molar-refractivity contribution >= 4 is 16.1 Å². The van der Waals surface area contributed by atoms with Crippen molar-refractivity contribution in [2.24, 2.45) is 0 Å². The van der Waals surface area contributed by atoms with Crippen LogP contribution in [0.25, 0.3) is 0 Å². The maximum atomic E-state index is 10.3. The average molecular weight is 198 g/mol. The molecule has 0 amide bonds. The summed E-state index contributed by atoms with van der Waals surface area (Å²) < 4.78 is 24.8. The molecule has 0 aromatic heterocycles. The van der Waals surface area contributed by atoms with Crippen LogP contribution in [0.1, 0.15) is 6.42 Å². The Morgan fingerprint density at radius 1 is 1.58 bits per heavy atom. The van der Waals surface area contributed by atoms with Crippen molar-refractivity contribution in [3.8, 4) is 0 Å². The van der Waals surface area contributed by atoms with Gasteiger partial charge in [-0.05, 0) is 0 Å². The Morgan fingerprint density at radius 3 is 2.42 bits per heavy atom. The Hall–Kier alpha value is -0.660. The summed E-state index contributed by atoms with van der Waals surface area (Å²) in [7, 11) is -3.61. The fourth-order valence-corrected chi connectivity index (χ4v) is 0.867. The van der Waals surface area contributed by atoms with Gasteiger partial charge in [0.15, 0.2) is 0 Å². The van der Waals surface area contributed by atoms with E-state index >= 15 is 0 Å². The Labute approximate surface area is 69.9 Å². The number of carboxylic acids is 1. The van der Waals surface area contributed by atoms with Crippen molar-refractivity contribution in [1.82, 2.24) is 0 Å². The number of rotatable bonds is 5. The molecule has 0 spiro atoms. The van der Waals surface area contributed by atoms with Crippen LogP contribution in [0, 0.1) is 0 Å². The van der Waals surface area contributed by atoms with Crippen molar-refractivity contribution < 1.29 is 27.6 Å². The van der Waals surface area contributed by atoms with Gasteiger partial charge in [-0.1, -0.05) is 0 Å². The van der Waals surface area contributed by atoms with E-state index in [2.05, 4.69) is 4.18 Å². The molecule has 6 nitrogen and oxygen atoms in total. The molecule has 0 heterocycles. The first kappa shape index (κ1) is 11.3. The van der Waals surface area contributed by atoms with E-state index in [9.17, 15) is 13.2 Å². The highest BCUT2D eigenvalue weighted by molar-refractivity contribution is 7.85. The maximum Gasteiger partial charge on any atom is 0.306 e. The van der Waals surface area contributed by atoms with Crippen molar-refractivity contribution in [2.75, 3.05) is 12.9 Å². The van der Waals surface area contributed by atoms with E-state index < -0.39 is 35.2 Å². The third-order valence-electron chi connectivity index (χ3n) is 0.885. The molecule has 0 radical (unpaired) electrons. The Bertz CT molecular complexity index is 243. The number of aliphatic hydroxyl groups is 1. The van der Waals surface area contributed by atoms with Gasteiger partial charge in [0.1, 0.15) is 0 Å². The largest absolute Gasteiger partial charge is 0.481 e. The molecule has 1 atom stereocenters. The first-order chi connectivity index (χ1) is 5.31. The lowest BCUT2D eigenvalue weighted by atomic mass is 10.3. The predicted molar refractivity (Wildman–Crippen MR) is 39.1 cm³/mol. The minimum atomic E-state index is -3.61. The molecule has 0 bridgehead atoms. The van der Waals surface area contributed by atoms with Crippen molar-refractivity contribution in [3.63, 3.8) is 0 Å². The second kappa shape index (κ2) is 4.39. The summed E-state index contributed by atoms with van der Waals surface area (Å²) in [5.74, 6) is -1.21. The van der Waals surface area contributed by atoms with Crippen LogP contribution in [-0.4, -0.2) is 43.6 Å². The molecule has 0 aliphatic rings. The van der Waals surface area contributed by atoms with Crippen LogP contribution in [-0.2, 0) is 19.1 Å². The molecular formula is C5H10O6S. The first-order valence-corrected chi connectivity index (χ1v) is 4.87. The highest BCUT2D eigenvalue weighted by Crippen LogP contribution is 1.95. The molecular weight excluding hydrogens is 188 g/mol. The lowest BCUT2D eigenvalue weighted by Crippen LogP contribution is -2.21. The molecule has 7 heteroatoms. The summed E-state index contributed by atoms with van der Waals surface area (Å²) in [5, 5.41) is 17.0. The Balaban J connectivity index is 3.72. The fraction of sp³-hybridized carbons (Fsp3) is 0.800. The van der Waals surface area contributed by atoms with E-state index in [1.54, 1.807) is 0 Å². The summed E-state index contributed by atoms with van der Waals surface area (Å²) in [4.78, 5) is 9.97. The van der Waals surface area contributed by atoms with E-state index in [0.717, 1.165) is 6.26 Å². The standard InChI is InChI=1S/C5H10O6S/c1-12(9,10)11-3-4(6)2-5(7)8/h4,6H,2-3H2,1H3,(H,7,8)/t4-/m0/s1. The van der Waals surface area contributed by atoms with E-state index in [0.29, 0.717) is 0 Å². The van der Waals surface area contributed by atoms with Gasteiger partial charge >= 0.3 is 5.97 Å². The van der Waals surface area contributed by atoms with Gasteiger partial charge in [-0.15, -0.1) is 0 Å². The van der Waals surface area contributed by atoms with Crippen LogP contribution < -0.4 is 0 Å². The van der Waals surface area contributed by atoms with Crippen LogP contribution in [0.4, 0.5) is 0 Å². The van der Waals surface area contributed by atoms with Crippen molar-refractivity contribution in [1.29, 1.82) is 0 Å². The molecule has 0 aliphatic carbocycles. The topological polar surface area (TPSA) is 101 Å². The van der Waals surface area contributed by atoms with Gasteiger partial charge in [0.05, 0.1) is 25.4 Å². The van der Waals surface area contributed by atoms with Gasteiger partial charge < -0.3 is 10.2 Å². The molecule has 0 unspecified atom stereocenters. The monoisotopic (exact) mass is 198 g/mol. The van der Waals surface area contributed by atoms with Crippen LogP contribution in [0.5, 0.6) is 0 Å². The van der Waals surface area contributed by atoms with E-state index in [4.69, 9.17) is 10.2 Å². The molecule has 0 saturated heterocycles. The van der Waals surface area contributed by atoms with Crippen LogP contribution in [0.2, 0.25) is 0 Å². The number of carboxylic acid groups (broad SMARTS) is 1. The first-order valence-electron chi connectivity index (χ1n) is 3.05. The zero-order valence-electron chi connectivity index (χ0n) is 6.43. The number of aliphatic carboxylic acids is 1. The summed E-state index contributed by atoms with van der Waals surface area (Å²) in [5.41, 5.74) is 0. The Kier molecular flexibility index (Phi) is 4.15. The molecule has 0 fully saturated rings. The van der Waals surface area contributed by atoms with Crippen LogP contribution in [0.15, 0.2) is 0 Å². The normalized spacial score (nSPS) is 14.2. The number of hydrogen-bond donors (Lipinski definition) is 2. The van der Waals surface area contributed by atoms with Gasteiger partial charge in [-0.3, -0.25) is 8.98 Å². The van der Waals surface area contributed by atoms with Crippen LogP contribution >= 0.6 is 0 Å². The van der Waals surface area contributed by atoms with E-state index in [1.807, 2.05) is 0 Å². The van der Waals surface area contributed by atoms with Crippen molar-refractivity contribution in [3.05, 3.63) is 0 Å². The third kappa shape index (κ3) is 7.45. The number of carbonyl (C=O) groups is 1. The minimum absolute atomic E-state index is 0.523. The molecule has 2 N–H and O–H groups in total. The zero-order chi connectivity index (χ0) is 9.78. The summed E-state index contributed by atoms with van der Waals surface area (Å²) in [6.45, 7) is -0.523. The van der Waals surface area contributed by atoms with Gasteiger partial charge in [-0.25, -0.2) is 0 Å². The highest BCUT2D eigenvalue weighted by atomic mass is 32.2. The van der Waals surface area contributed by atoms with Crippen molar-refractivity contribution in [2.45, 2.75) is 12.5 Å². The second-order valence-corrected chi connectivity index (χ2v) is 3.88. The molecule has 0 aromatic carbocycles. The van der Waals surface area contributed by atoms with Gasteiger partial charge in [0, 0.05) is 0 Å². The van der Waals surface area contributed by atoms with E-state index in [-0.39, 0.29) is 0 Å². The number of hydrogen-bond acceptors (Lipinski definition) is 5. The third-order valence-corrected chi connectivity index (χ3v) is 1.45. The molecule has 0 rings (SSSR count). The highest BCUT2D eigenvalue weighted by Gasteiger charge is 2.12. The molecule has 0 aliphatic heterocycles. The quantitative estimate of drug-likeness (QED) is 0.538. The Morgan fingerprint density at radius 2 is 2.08 bits per heavy atom. The van der Waals surface area contributed by atoms with Crippen LogP contribution in [0.3, 0.4) is 0 Å². The molecule has 0 saturated carbocycles. The average Bonchev–Trinajstić information content (AvgIpc) is 1.80. The van der Waals surface area contributed by atoms with Gasteiger partial charge in [-0.2, -0.15) is 8.42 Å². The number of aliphatic hydroxyl groups excluding tert-OH is 1. The second-order valence-electron chi connectivity index (χ2n) is 2.24.